The molecule has 8 bridgehead atoms. The molecule has 8 aliphatic rings. The molecule has 0 radical (unpaired) electrons. The summed E-state index contributed by atoms with van der Waals surface area (Å²) in [7, 11) is 0. The zero-order chi connectivity index (χ0) is 26.7. The molecule has 8 heteroatoms. The quantitative estimate of drug-likeness (QED) is 0.290. The highest BCUT2D eigenvalue weighted by Crippen LogP contribution is 2.60. The minimum atomic E-state index is -0.935. The number of hydrogen-bond acceptors (Lipinski definition) is 7. The molecule has 0 aromatic heterocycles. The van der Waals surface area contributed by atoms with Gasteiger partial charge in [-0.05, 0) is 83.0 Å². The minimum Gasteiger partial charge on any atom is -0.478 e. The van der Waals surface area contributed by atoms with Gasteiger partial charge in [-0.2, -0.15) is 0 Å². The van der Waals surface area contributed by atoms with Crippen LogP contribution in [0.3, 0.4) is 0 Å². The lowest BCUT2D eigenvalue weighted by Crippen LogP contribution is -2.66. The molecule has 8 rings (SSSR count). The SMILES string of the molecule is C=C(C)C(=O)O.C=C(C)C(=O)OC12CC3CC(O)(CC(O)(C3)C1)C2.OC12CC3CC(C1)CC(O)(C3)C2. The van der Waals surface area contributed by atoms with Gasteiger partial charge in [0.25, 0.3) is 0 Å². The first-order valence-electron chi connectivity index (χ1n) is 13.1. The van der Waals surface area contributed by atoms with Gasteiger partial charge in [0.15, 0.2) is 0 Å². The fourth-order valence-electron chi connectivity index (χ4n) is 8.81. The van der Waals surface area contributed by atoms with Crippen LogP contribution in [0.4, 0.5) is 0 Å². The van der Waals surface area contributed by atoms with E-state index in [1.54, 1.807) is 6.92 Å². The highest BCUT2D eigenvalue weighted by Gasteiger charge is 2.64. The third-order valence-corrected chi connectivity index (χ3v) is 8.98. The number of carbonyl (C=O) groups is 2. The molecule has 202 valence electrons. The highest BCUT2D eigenvalue weighted by atomic mass is 16.6. The van der Waals surface area contributed by atoms with Crippen molar-refractivity contribution in [2.45, 2.75) is 119 Å². The molecular weight excluding hydrogens is 464 g/mol. The maximum Gasteiger partial charge on any atom is 0.333 e. The fourth-order valence-corrected chi connectivity index (χ4v) is 8.81. The Hall–Kier alpha value is -1.74. The zero-order valence-corrected chi connectivity index (χ0v) is 21.6. The van der Waals surface area contributed by atoms with Crippen LogP contribution in [0.25, 0.3) is 0 Å². The van der Waals surface area contributed by atoms with Crippen molar-refractivity contribution in [1.29, 1.82) is 0 Å². The maximum atomic E-state index is 11.8. The standard InChI is InChI=1S/C14H20O4.C10H16O2.C4H6O2/c1-9(2)11(15)18-14-5-10-3-12(16,7-14)6-13(17,4-10)8-14;11-9-2-7-1-8(4-9)5-10(12,3-7)6-9;1-3(2)4(5)6/h10,16-17H,1,3-8H2,2H3;7-8,11-12H,1-6H2;1H2,2H3,(H,5,6). The number of hydrogen-bond donors (Lipinski definition) is 5. The van der Waals surface area contributed by atoms with Crippen molar-refractivity contribution in [2.24, 2.45) is 17.8 Å². The summed E-state index contributed by atoms with van der Waals surface area (Å²) in [6, 6.07) is 0. The monoisotopic (exact) mass is 506 g/mol. The zero-order valence-electron chi connectivity index (χ0n) is 21.6. The van der Waals surface area contributed by atoms with Gasteiger partial charge in [-0.3, -0.25) is 0 Å². The van der Waals surface area contributed by atoms with Crippen LogP contribution in [0.5, 0.6) is 0 Å². The topological polar surface area (TPSA) is 145 Å². The Kier molecular flexibility index (Phi) is 6.77. The molecule has 8 fully saturated rings. The molecule has 0 aromatic rings. The van der Waals surface area contributed by atoms with Gasteiger partial charge in [-0.1, -0.05) is 13.2 Å². The minimum absolute atomic E-state index is 0.176. The van der Waals surface area contributed by atoms with Gasteiger partial charge in [-0.25, -0.2) is 9.59 Å². The number of esters is 1. The Morgan fingerprint density at radius 1 is 0.667 bits per heavy atom. The second-order valence-corrected chi connectivity index (χ2v) is 13.3. The molecule has 36 heavy (non-hydrogen) atoms. The largest absolute Gasteiger partial charge is 0.478 e. The van der Waals surface area contributed by atoms with E-state index in [0.29, 0.717) is 43.1 Å². The van der Waals surface area contributed by atoms with E-state index in [9.17, 15) is 30.0 Å². The van der Waals surface area contributed by atoms with Crippen LogP contribution in [0.1, 0.15) is 90.9 Å². The average molecular weight is 507 g/mol. The molecule has 0 spiro atoms. The predicted octanol–water partition coefficient (Wildman–Crippen LogP) is 3.01. The molecule has 8 aliphatic carbocycles. The Bertz CT molecular complexity index is 889. The summed E-state index contributed by atoms with van der Waals surface area (Å²) in [5, 5.41) is 49.1. The van der Waals surface area contributed by atoms with Crippen LogP contribution in [0.15, 0.2) is 24.3 Å². The van der Waals surface area contributed by atoms with Gasteiger partial charge in [0, 0.05) is 36.8 Å². The number of carboxylic acids is 1. The van der Waals surface area contributed by atoms with E-state index in [0.717, 1.165) is 44.9 Å². The molecular formula is C28H42O8. The lowest BCUT2D eigenvalue weighted by atomic mass is 9.50. The lowest BCUT2D eigenvalue weighted by Gasteiger charge is -2.62. The van der Waals surface area contributed by atoms with E-state index in [1.165, 1.54) is 13.3 Å². The Balaban J connectivity index is 0.000000145. The van der Waals surface area contributed by atoms with Crippen molar-refractivity contribution in [3.63, 3.8) is 0 Å². The number of carboxylic acid groups (broad SMARTS) is 1. The number of rotatable bonds is 3. The summed E-state index contributed by atoms with van der Waals surface area (Å²) < 4.78 is 5.58. The average Bonchev–Trinajstić information content (AvgIpc) is 2.62. The van der Waals surface area contributed by atoms with Crippen LogP contribution in [-0.2, 0) is 14.3 Å². The van der Waals surface area contributed by atoms with Gasteiger partial charge < -0.3 is 30.3 Å². The predicted molar refractivity (Wildman–Crippen MR) is 132 cm³/mol. The van der Waals surface area contributed by atoms with E-state index < -0.39 is 39.9 Å². The Morgan fingerprint density at radius 3 is 1.39 bits per heavy atom. The smallest absolute Gasteiger partial charge is 0.333 e. The third-order valence-electron chi connectivity index (χ3n) is 8.98. The fraction of sp³-hybridized carbons (Fsp3) is 0.786. The van der Waals surface area contributed by atoms with E-state index in [1.807, 2.05) is 0 Å². The summed E-state index contributed by atoms with van der Waals surface area (Å²) in [6.45, 7) is 9.81. The van der Waals surface area contributed by atoms with Gasteiger partial charge in [0.05, 0.1) is 22.4 Å². The van der Waals surface area contributed by atoms with Crippen LogP contribution in [0.2, 0.25) is 0 Å². The van der Waals surface area contributed by atoms with Crippen molar-refractivity contribution in [2.75, 3.05) is 0 Å². The molecule has 0 amide bonds. The molecule has 0 aromatic carbocycles. The number of ether oxygens (including phenoxy) is 1. The van der Waals surface area contributed by atoms with Gasteiger partial charge >= 0.3 is 11.9 Å². The van der Waals surface area contributed by atoms with Crippen LogP contribution < -0.4 is 0 Å². The first kappa shape index (κ1) is 27.3. The number of aliphatic hydroxyl groups is 4. The van der Waals surface area contributed by atoms with Crippen molar-refractivity contribution in [3.8, 4) is 0 Å². The second-order valence-electron chi connectivity index (χ2n) is 13.3. The molecule has 2 atom stereocenters. The summed E-state index contributed by atoms with van der Waals surface area (Å²) in [4.78, 5) is 21.4. The number of aliphatic carboxylic acids is 1. The first-order chi connectivity index (χ1) is 16.4. The van der Waals surface area contributed by atoms with Crippen molar-refractivity contribution < 1.29 is 39.9 Å². The number of carbonyl (C=O) groups excluding carboxylic acids is 1. The van der Waals surface area contributed by atoms with Crippen molar-refractivity contribution in [1.82, 2.24) is 0 Å². The normalized spacial score (nSPS) is 46.7. The summed E-state index contributed by atoms with van der Waals surface area (Å²) in [5.74, 6) is 0.135. The first-order valence-corrected chi connectivity index (χ1v) is 13.1. The molecule has 2 unspecified atom stereocenters. The molecule has 8 nitrogen and oxygen atoms in total. The van der Waals surface area contributed by atoms with Crippen molar-refractivity contribution in [3.05, 3.63) is 24.3 Å². The van der Waals surface area contributed by atoms with Gasteiger partial charge in [-0.15, -0.1) is 0 Å². The van der Waals surface area contributed by atoms with E-state index in [-0.39, 0.29) is 11.5 Å². The molecule has 8 saturated carbocycles. The van der Waals surface area contributed by atoms with E-state index in [2.05, 4.69) is 13.2 Å². The third kappa shape index (κ3) is 5.72. The van der Waals surface area contributed by atoms with Crippen LogP contribution >= 0.6 is 0 Å². The maximum absolute atomic E-state index is 11.8. The Morgan fingerprint density at radius 2 is 1.06 bits per heavy atom. The van der Waals surface area contributed by atoms with Gasteiger partial charge in [0.1, 0.15) is 5.60 Å². The van der Waals surface area contributed by atoms with Crippen LogP contribution in [-0.4, -0.2) is 65.5 Å². The Labute approximate surface area is 213 Å². The van der Waals surface area contributed by atoms with E-state index >= 15 is 0 Å². The summed E-state index contributed by atoms with van der Waals surface area (Å²) in [5.41, 5.74) is -2.83. The molecule has 0 aliphatic heterocycles. The second kappa shape index (κ2) is 8.93. The molecule has 0 heterocycles. The highest BCUT2D eigenvalue weighted by molar-refractivity contribution is 5.87. The van der Waals surface area contributed by atoms with E-state index in [4.69, 9.17) is 9.84 Å². The summed E-state index contributed by atoms with van der Waals surface area (Å²) >= 11 is 0. The molecule has 5 N–H and O–H groups in total. The molecule has 0 saturated heterocycles. The summed E-state index contributed by atoms with van der Waals surface area (Å²) in [6.07, 6.45) is 9.24. The lowest BCUT2D eigenvalue weighted by molar-refractivity contribution is -0.260. The van der Waals surface area contributed by atoms with Crippen molar-refractivity contribution >= 4 is 11.9 Å². The van der Waals surface area contributed by atoms with Crippen LogP contribution in [0, 0.1) is 17.8 Å². The van der Waals surface area contributed by atoms with Gasteiger partial charge in [0.2, 0.25) is 0 Å².